The summed E-state index contributed by atoms with van der Waals surface area (Å²) < 4.78 is 5.98. The van der Waals surface area contributed by atoms with E-state index in [0.29, 0.717) is 0 Å². The Balaban J connectivity index is 0.00000211. The summed E-state index contributed by atoms with van der Waals surface area (Å²) in [4.78, 5) is 0. The van der Waals surface area contributed by atoms with Crippen molar-refractivity contribution < 1.29 is 4.74 Å². The molecule has 0 aromatic heterocycles. The van der Waals surface area contributed by atoms with Gasteiger partial charge >= 0.3 is 0 Å². The Kier molecular flexibility index (Phi) is 11.6. The van der Waals surface area contributed by atoms with Crippen molar-refractivity contribution in [3.63, 3.8) is 0 Å². The number of aryl methyl sites for hydroxylation is 2. The molecule has 0 saturated heterocycles. The molecule has 0 spiro atoms. The van der Waals surface area contributed by atoms with Crippen LogP contribution in [-0.2, 0) is 6.42 Å². The minimum absolute atomic E-state index is 0.900. The van der Waals surface area contributed by atoms with Crippen LogP contribution in [0.1, 0.15) is 82.9 Å². The predicted octanol–water partition coefficient (Wildman–Crippen LogP) is 7.15. The predicted molar refractivity (Wildman–Crippen MR) is 99.8 cm³/mol. The third-order valence-corrected chi connectivity index (χ3v) is 3.90. The van der Waals surface area contributed by atoms with E-state index in [9.17, 15) is 0 Å². The Morgan fingerprint density at radius 2 is 1.64 bits per heavy atom. The third-order valence-electron chi connectivity index (χ3n) is 3.90. The molecule has 0 fully saturated rings. The summed E-state index contributed by atoms with van der Waals surface area (Å²) in [7, 11) is 0. The molecule has 0 heterocycles. The van der Waals surface area contributed by atoms with Crippen molar-refractivity contribution in [2.75, 3.05) is 0 Å². The lowest BCUT2D eigenvalue weighted by atomic mass is 10.0. The van der Waals surface area contributed by atoms with Crippen LogP contribution >= 0.6 is 0 Å². The summed E-state index contributed by atoms with van der Waals surface area (Å²) in [5, 5.41) is 0. The highest BCUT2D eigenvalue weighted by Crippen LogP contribution is 2.26. The average Bonchev–Trinajstić information content (AvgIpc) is 2.53. The Labute approximate surface area is 138 Å². The van der Waals surface area contributed by atoms with Crippen LogP contribution in [0.15, 0.2) is 24.5 Å². The number of ether oxygens (including phenoxy) is 1. The lowest BCUT2D eigenvalue weighted by molar-refractivity contribution is 0.394. The van der Waals surface area contributed by atoms with Crippen LogP contribution < -0.4 is 4.74 Å². The first-order valence-electron chi connectivity index (χ1n) is 9.04. The van der Waals surface area contributed by atoms with Gasteiger partial charge in [0.2, 0.25) is 0 Å². The smallest absolute Gasteiger partial charge is 0.130 e. The van der Waals surface area contributed by atoms with E-state index >= 15 is 0 Å². The van der Waals surface area contributed by atoms with Gasteiger partial charge in [0.25, 0.3) is 0 Å². The second kappa shape index (κ2) is 12.3. The summed E-state index contributed by atoms with van der Waals surface area (Å²) in [6.07, 6.45) is 8.43. The largest absolute Gasteiger partial charge is 0.462 e. The average molecular weight is 305 g/mol. The fraction of sp³-hybridized carbons (Fsp3) is 0.619. The van der Waals surface area contributed by atoms with Crippen molar-refractivity contribution in [1.82, 2.24) is 0 Å². The molecular formula is C21H36O. The van der Waals surface area contributed by atoms with E-state index in [4.69, 9.17) is 4.74 Å². The van der Waals surface area contributed by atoms with E-state index in [0.717, 1.165) is 24.4 Å². The van der Waals surface area contributed by atoms with Crippen LogP contribution in [0.25, 0.3) is 0 Å². The molecule has 1 heteroatoms. The monoisotopic (exact) mass is 304 g/mol. The van der Waals surface area contributed by atoms with E-state index in [-0.39, 0.29) is 0 Å². The summed E-state index contributed by atoms with van der Waals surface area (Å²) in [6, 6.07) is 4.40. The van der Waals surface area contributed by atoms with Crippen molar-refractivity contribution in [2.24, 2.45) is 0 Å². The number of rotatable bonds is 9. The van der Waals surface area contributed by atoms with Crippen molar-refractivity contribution in [1.29, 1.82) is 0 Å². The van der Waals surface area contributed by atoms with Crippen LogP contribution in [0.2, 0.25) is 0 Å². The highest BCUT2D eigenvalue weighted by Gasteiger charge is 2.07. The van der Waals surface area contributed by atoms with Gasteiger partial charge in [0.05, 0.1) is 5.76 Å². The molecule has 0 aliphatic rings. The van der Waals surface area contributed by atoms with Crippen LogP contribution in [-0.4, -0.2) is 0 Å². The molecule has 0 bridgehead atoms. The molecule has 0 saturated carbocycles. The van der Waals surface area contributed by atoms with Crippen molar-refractivity contribution in [3.8, 4) is 5.75 Å². The molecule has 0 N–H and O–H groups in total. The van der Waals surface area contributed by atoms with Gasteiger partial charge in [-0.3, -0.25) is 0 Å². The van der Waals surface area contributed by atoms with Gasteiger partial charge in [0.1, 0.15) is 5.75 Å². The fourth-order valence-electron chi connectivity index (χ4n) is 2.34. The van der Waals surface area contributed by atoms with E-state index in [2.05, 4.69) is 46.4 Å². The van der Waals surface area contributed by atoms with Crippen molar-refractivity contribution in [3.05, 3.63) is 41.2 Å². The van der Waals surface area contributed by atoms with Crippen LogP contribution in [0.4, 0.5) is 0 Å². The molecule has 0 radical (unpaired) electrons. The minimum Gasteiger partial charge on any atom is -0.462 e. The lowest BCUT2D eigenvalue weighted by Gasteiger charge is -2.14. The van der Waals surface area contributed by atoms with Crippen LogP contribution in [0.3, 0.4) is 0 Å². The van der Waals surface area contributed by atoms with Crippen LogP contribution in [0.5, 0.6) is 5.75 Å². The van der Waals surface area contributed by atoms with Gasteiger partial charge in [-0.1, -0.05) is 66.0 Å². The first kappa shape index (κ1) is 20.8. The summed E-state index contributed by atoms with van der Waals surface area (Å²) >= 11 is 0. The maximum atomic E-state index is 5.98. The topological polar surface area (TPSA) is 9.23 Å². The van der Waals surface area contributed by atoms with E-state index in [1.165, 1.54) is 48.8 Å². The molecule has 0 atom stereocenters. The summed E-state index contributed by atoms with van der Waals surface area (Å²) in [5.74, 6) is 1.89. The zero-order valence-electron chi connectivity index (χ0n) is 15.7. The van der Waals surface area contributed by atoms with Gasteiger partial charge in [0.15, 0.2) is 0 Å². The number of hydrogen-bond donors (Lipinski definition) is 0. The molecule has 22 heavy (non-hydrogen) atoms. The molecule has 126 valence electrons. The molecule has 0 amide bonds. The molecule has 0 aliphatic carbocycles. The Hall–Kier alpha value is -1.24. The maximum absolute atomic E-state index is 5.98. The van der Waals surface area contributed by atoms with E-state index in [1.807, 2.05) is 13.8 Å². The molecule has 1 rings (SSSR count). The van der Waals surface area contributed by atoms with Crippen LogP contribution in [0, 0.1) is 13.8 Å². The molecule has 1 aromatic rings. The second-order valence-corrected chi connectivity index (χ2v) is 5.69. The number of hydrogen-bond acceptors (Lipinski definition) is 1. The third kappa shape index (κ3) is 7.68. The Bertz CT molecular complexity index is 432. The molecule has 1 nitrogen and oxygen atoms in total. The lowest BCUT2D eigenvalue weighted by Crippen LogP contribution is -1.98. The highest BCUT2D eigenvalue weighted by molar-refractivity contribution is 5.43. The molecule has 0 unspecified atom stereocenters. The highest BCUT2D eigenvalue weighted by atomic mass is 16.5. The van der Waals surface area contributed by atoms with Gasteiger partial charge < -0.3 is 4.74 Å². The normalized spacial score (nSPS) is 9.91. The second-order valence-electron chi connectivity index (χ2n) is 5.69. The number of benzene rings is 1. The number of unbranched alkanes of at least 4 members (excludes halogenated alkanes) is 4. The Morgan fingerprint density at radius 3 is 2.23 bits per heavy atom. The number of allylic oxidation sites excluding steroid dienone is 1. The zero-order chi connectivity index (χ0) is 17.0. The van der Waals surface area contributed by atoms with E-state index in [1.54, 1.807) is 0 Å². The van der Waals surface area contributed by atoms with Gasteiger partial charge in [-0.2, -0.15) is 0 Å². The molecule has 0 aliphatic heterocycles. The zero-order valence-corrected chi connectivity index (χ0v) is 15.7. The van der Waals surface area contributed by atoms with Gasteiger partial charge in [0, 0.05) is 6.42 Å². The SMILES string of the molecule is C=C(CCCCCCC)Oc1cc(CC)cc(C)c1C.CC. The fourth-order valence-corrected chi connectivity index (χ4v) is 2.34. The van der Waals surface area contributed by atoms with Gasteiger partial charge in [-0.25, -0.2) is 0 Å². The van der Waals surface area contributed by atoms with E-state index < -0.39 is 0 Å². The molecule has 1 aromatic carbocycles. The first-order valence-corrected chi connectivity index (χ1v) is 9.04. The first-order chi connectivity index (χ1) is 10.6. The van der Waals surface area contributed by atoms with Gasteiger partial charge in [-0.05, 0) is 49.4 Å². The molecular weight excluding hydrogens is 268 g/mol. The summed E-state index contributed by atoms with van der Waals surface area (Å²) in [6.45, 7) is 16.8. The van der Waals surface area contributed by atoms with Crippen molar-refractivity contribution in [2.45, 2.75) is 86.5 Å². The standard InChI is InChI=1S/C19H30O.C2H6/c1-6-8-9-10-11-12-16(4)20-19-14-18(7-2)13-15(3)17(19)5;1-2/h13-14H,4,6-12H2,1-3,5H3;1-2H3. The summed E-state index contributed by atoms with van der Waals surface area (Å²) in [5.41, 5.74) is 3.86. The maximum Gasteiger partial charge on any atom is 0.130 e. The quantitative estimate of drug-likeness (QED) is 0.348. The van der Waals surface area contributed by atoms with Gasteiger partial charge in [-0.15, -0.1) is 0 Å². The van der Waals surface area contributed by atoms with Crippen molar-refractivity contribution >= 4 is 0 Å². The Morgan fingerprint density at radius 1 is 1.00 bits per heavy atom. The minimum atomic E-state index is 0.900.